The Kier molecular flexibility index (Phi) is 3.64. The topological polar surface area (TPSA) is 24.9 Å². The van der Waals surface area contributed by atoms with Crippen molar-refractivity contribution in [3.63, 3.8) is 0 Å². The molecule has 0 radical (unpaired) electrons. The standard InChI is InChI=1S/C9H14N2S2/c1-2-8(5-12-3-1)10-4-9-6-13-7-11-9/h6-8,10H,1-5H2. The zero-order valence-electron chi connectivity index (χ0n) is 7.53. The summed E-state index contributed by atoms with van der Waals surface area (Å²) in [5.41, 5.74) is 3.08. The molecule has 1 aromatic heterocycles. The number of nitrogens with one attached hydrogen (secondary N) is 1. The van der Waals surface area contributed by atoms with E-state index in [1.54, 1.807) is 11.3 Å². The summed E-state index contributed by atoms with van der Waals surface area (Å²) in [6.45, 7) is 0.939. The largest absolute Gasteiger partial charge is 0.308 e. The first-order chi connectivity index (χ1) is 6.45. The summed E-state index contributed by atoms with van der Waals surface area (Å²) < 4.78 is 0. The molecule has 4 heteroatoms. The molecule has 1 N–H and O–H groups in total. The van der Waals surface area contributed by atoms with E-state index in [0.29, 0.717) is 6.04 Å². The molecule has 2 heterocycles. The van der Waals surface area contributed by atoms with Crippen LogP contribution in [0.25, 0.3) is 0 Å². The molecule has 0 aromatic carbocycles. The van der Waals surface area contributed by atoms with Gasteiger partial charge in [-0.05, 0) is 18.6 Å². The van der Waals surface area contributed by atoms with Crippen LogP contribution < -0.4 is 5.32 Å². The second-order valence-electron chi connectivity index (χ2n) is 3.27. The first-order valence-corrected chi connectivity index (χ1v) is 6.73. The highest BCUT2D eigenvalue weighted by atomic mass is 32.2. The van der Waals surface area contributed by atoms with Crippen LogP contribution >= 0.6 is 23.1 Å². The summed E-state index contributed by atoms with van der Waals surface area (Å²) in [5, 5.41) is 5.66. The van der Waals surface area contributed by atoms with E-state index >= 15 is 0 Å². The fourth-order valence-corrected chi connectivity index (χ4v) is 3.14. The normalized spacial score (nSPS) is 23.2. The molecule has 1 aliphatic rings. The first-order valence-electron chi connectivity index (χ1n) is 4.63. The Morgan fingerprint density at radius 1 is 1.62 bits per heavy atom. The average molecular weight is 214 g/mol. The van der Waals surface area contributed by atoms with Crippen molar-refractivity contribution in [1.29, 1.82) is 0 Å². The van der Waals surface area contributed by atoms with Crippen LogP contribution in [0, 0.1) is 0 Å². The number of rotatable bonds is 3. The van der Waals surface area contributed by atoms with Crippen LogP contribution in [0.4, 0.5) is 0 Å². The third-order valence-electron chi connectivity index (χ3n) is 2.22. The van der Waals surface area contributed by atoms with Gasteiger partial charge in [-0.25, -0.2) is 4.98 Å². The highest BCUT2D eigenvalue weighted by Gasteiger charge is 2.12. The van der Waals surface area contributed by atoms with Gasteiger partial charge in [0.2, 0.25) is 0 Å². The van der Waals surface area contributed by atoms with Crippen molar-refractivity contribution < 1.29 is 0 Å². The number of hydrogen-bond acceptors (Lipinski definition) is 4. The van der Waals surface area contributed by atoms with Crippen LogP contribution in [0.3, 0.4) is 0 Å². The maximum Gasteiger partial charge on any atom is 0.0795 e. The van der Waals surface area contributed by atoms with E-state index in [1.807, 2.05) is 5.51 Å². The van der Waals surface area contributed by atoms with Crippen molar-refractivity contribution in [2.45, 2.75) is 25.4 Å². The number of thioether (sulfide) groups is 1. The van der Waals surface area contributed by atoms with E-state index in [1.165, 1.54) is 30.0 Å². The molecule has 0 spiro atoms. The monoisotopic (exact) mass is 214 g/mol. The lowest BCUT2D eigenvalue weighted by Crippen LogP contribution is -2.33. The van der Waals surface area contributed by atoms with Gasteiger partial charge in [0, 0.05) is 23.7 Å². The van der Waals surface area contributed by atoms with Crippen LogP contribution in [-0.4, -0.2) is 22.5 Å². The van der Waals surface area contributed by atoms with E-state index in [-0.39, 0.29) is 0 Å². The maximum absolute atomic E-state index is 4.25. The molecule has 0 saturated carbocycles. The lowest BCUT2D eigenvalue weighted by atomic mass is 10.2. The third-order valence-corrected chi connectivity index (χ3v) is 4.07. The predicted octanol–water partition coefficient (Wildman–Crippen LogP) is 2.13. The lowest BCUT2D eigenvalue weighted by molar-refractivity contribution is 0.504. The molecular formula is C9H14N2S2. The summed E-state index contributed by atoms with van der Waals surface area (Å²) in [6, 6.07) is 0.709. The Morgan fingerprint density at radius 3 is 3.31 bits per heavy atom. The van der Waals surface area contributed by atoms with E-state index in [0.717, 1.165) is 6.54 Å². The second-order valence-corrected chi connectivity index (χ2v) is 5.14. The maximum atomic E-state index is 4.25. The van der Waals surface area contributed by atoms with Crippen LogP contribution in [-0.2, 0) is 6.54 Å². The molecule has 2 nitrogen and oxygen atoms in total. The van der Waals surface area contributed by atoms with Crippen molar-refractivity contribution >= 4 is 23.1 Å². The third kappa shape index (κ3) is 2.97. The summed E-state index contributed by atoms with van der Waals surface area (Å²) in [5.74, 6) is 2.61. The molecule has 2 rings (SSSR count). The van der Waals surface area contributed by atoms with Gasteiger partial charge in [0.15, 0.2) is 0 Å². The quantitative estimate of drug-likeness (QED) is 0.834. The fraction of sp³-hybridized carbons (Fsp3) is 0.667. The Morgan fingerprint density at radius 2 is 2.62 bits per heavy atom. The van der Waals surface area contributed by atoms with Crippen LogP contribution in [0.5, 0.6) is 0 Å². The number of thiazole rings is 1. The number of aromatic nitrogens is 1. The van der Waals surface area contributed by atoms with Gasteiger partial charge >= 0.3 is 0 Å². The molecule has 0 bridgehead atoms. The molecule has 0 aliphatic carbocycles. The van der Waals surface area contributed by atoms with Gasteiger partial charge in [0.05, 0.1) is 11.2 Å². The van der Waals surface area contributed by atoms with Gasteiger partial charge in [0.1, 0.15) is 0 Å². The first kappa shape index (κ1) is 9.49. The predicted molar refractivity (Wildman–Crippen MR) is 59.3 cm³/mol. The summed E-state index contributed by atoms with van der Waals surface area (Å²) in [4.78, 5) is 4.25. The summed E-state index contributed by atoms with van der Waals surface area (Å²) in [7, 11) is 0. The molecular weight excluding hydrogens is 200 g/mol. The smallest absolute Gasteiger partial charge is 0.0795 e. The van der Waals surface area contributed by atoms with Crippen LogP contribution in [0.2, 0.25) is 0 Å². The van der Waals surface area contributed by atoms with E-state index < -0.39 is 0 Å². The molecule has 13 heavy (non-hydrogen) atoms. The van der Waals surface area contributed by atoms with Gasteiger partial charge in [0.25, 0.3) is 0 Å². The Bertz CT molecular complexity index is 230. The van der Waals surface area contributed by atoms with E-state index in [2.05, 4.69) is 27.4 Å². The van der Waals surface area contributed by atoms with E-state index in [9.17, 15) is 0 Å². The average Bonchev–Trinajstić information content (AvgIpc) is 2.69. The molecule has 1 fully saturated rings. The summed E-state index contributed by atoms with van der Waals surface area (Å²) >= 11 is 3.73. The zero-order chi connectivity index (χ0) is 8.93. The molecule has 0 amide bonds. The van der Waals surface area contributed by atoms with Crippen molar-refractivity contribution in [1.82, 2.24) is 10.3 Å². The van der Waals surface area contributed by atoms with Gasteiger partial charge in [-0.3, -0.25) is 0 Å². The molecule has 1 saturated heterocycles. The minimum absolute atomic E-state index is 0.709. The molecule has 1 aliphatic heterocycles. The Hall–Kier alpha value is -0.0600. The van der Waals surface area contributed by atoms with Crippen molar-refractivity contribution in [2.75, 3.05) is 11.5 Å². The second kappa shape index (κ2) is 4.98. The molecule has 1 aromatic rings. The van der Waals surface area contributed by atoms with Gasteiger partial charge in [-0.1, -0.05) is 0 Å². The van der Waals surface area contributed by atoms with Gasteiger partial charge in [-0.15, -0.1) is 11.3 Å². The minimum Gasteiger partial charge on any atom is -0.308 e. The van der Waals surface area contributed by atoms with Crippen molar-refractivity contribution in [3.8, 4) is 0 Å². The minimum atomic E-state index is 0.709. The highest BCUT2D eigenvalue weighted by Crippen LogP contribution is 2.17. The van der Waals surface area contributed by atoms with Gasteiger partial charge < -0.3 is 5.32 Å². The van der Waals surface area contributed by atoms with Crippen molar-refractivity contribution in [2.24, 2.45) is 0 Å². The van der Waals surface area contributed by atoms with Crippen molar-refractivity contribution in [3.05, 3.63) is 16.6 Å². The number of hydrogen-bond donors (Lipinski definition) is 1. The molecule has 1 atom stereocenters. The Balaban J connectivity index is 1.72. The van der Waals surface area contributed by atoms with Crippen LogP contribution in [0.1, 0.15) is 18.5 Å². The highest BCUT2D eigenvalue weighted by molar-refractivity contribution is 7.99. The zero-order valence-corrected chi connectivity index (χ0v) is 9.16. The Labute approximate surface area is 87.1 Å². The number of nitrogens with zero attached hydrogens (tertiary/aromatic N) is 1. The van der Waals surface area contributed by atoms with Gasteiger partial charge in [-0.2, -0.15) is 11.8 Å². The van der Waals surface area contributed by atoms with E-state index in [4.69, 9.17) is 0 Å². The summed E-state index contributed by atoms with van der Waals surface area (Å²) in [6.07, 6.45) is 2.69. The molecule has 72 valence electrons. The fourth-order valence-electron chi connectivity index (χ4n) is 1.48. The lowest BCUT2D eigenvalue weighted by Gasteiger charge is -2.21. The SMILES string of the molecule is c1nc(CNC2CCCSC2)cs1. The molecule has 1 unspecified atom stereocenters. The van der Waals surface area contributed by atoms with Crippen LogP contribution in [0.15, 0.2) is 10.9 Å².